The summed E-state index contributed by atoms with van der Waals surface area (Å²) in [6.45, 7) is 2.35. The standard InChI is InChI=1S/C7H13F3N2/c1-5-3-11-6(4-12(5)2)7(8,9)10/h5-6,11H,3-4H2,1-2H3. The Morgan fingerprint density at radius 2 is 2.00 bits per heavy atom. The van der Waals surface area contributed by atoms with Gasteiger partial charge >= 0.3 is 6.18 Å². The molecular weight excluding hydrogens is 169 g/mol. The molecule has 0 aromatic carbocycles. The molecule has 1 heterocycles. The van der Waals surface area contributed by atoms with Crippen LogP contribution in [0.2, 0.25) is 0 Å². The maximum absolute atomic E-state index is 12.2. The molecule has 1 aliphatic rings. The van der Waals surface area contributed by atoms with Crippen molar-refractivity contribution in [2.45, 2.75) is 25.2 Å². The van der Waals surface area contributed by atoms with Crippen molar-refractivity contribution in [3.8, 4) is 0 Å². The third kappa shape index (κ3) is 2.10. The minimum Gasteiger partial charge on any atom is -0.304 e. The number of likely N-dealkylation sites (N-methyl/N-ethyl adjacent to an activating group) is 1. The summed E-state index contributed by atoms with van der Waals surface area (Å²) >= 11 is 0. The summed E-state index contributed by atoms with van der Waals surface area (Å²) in [6.07, 6.45) is -4.12. The van der Waals surface area contributed by atoms with Crippen LogP contribution in [-0.4, -0.2) is 43.3 Å². The molecule has 12 heavy (non-hydrogen) atoms. The lowest BCUT2D eigenvalue weighted by molar-refractivity contribution is -0.166. The van der Waals surface area contributed by atoms with E-state index in [4.69, 9.17) is 0 Å². The summed E-state index contributed by atoms with van der Waals surface area (Å²) in [4.78, 5) is 1.72. The highest BCUT2D eigenvalue weighted by Gasteiger charge is 2.42. The summed E-state index contributed by atoms with van der Waals surface area (Å²) in [6, 6.07) is -1.18. The number of piperazine rings is 1. The third-order valence-corrected chi connectivity index (χ3v) is 2.28. The van der Waals surface area contributed by atoms with Gasteiger partial charge in [0.2, 0.25) is 0 Å². The van der Waals surface area contributed by atoms with Gasteiger partial charge < -0.3 is 10.2 Å². The van der Waals surface area contributed by atoms with Crippen molar-refractivity contribution in [2.24, 2.45) is 0 Å². The number of alkyl halides is 3. The highest BCUT2D eigenvalue weighted by molar-refractivity contribution is 4.86. The Bertz CT molecular complexity index is 157. The summed E-state index contributed by atoms with van der Waals surface area (Å²) in [5.41, 5.74) is 0. The lowest BCUT2D eigenvalue weighted by Gasteiger charge is -2.36. The van der Waals surface area contributed by atoms with Crippen molar-refractivity contribution in [2.75, 3.05) is 20.1 Å². The first-order valence-corrected chi connectivity index (χ1v) is 3.91. The zero-order chi connectivity index (χ0) is 9.35. The quantitative estimate of drug-likeness (QED) is 0.597. The van der Waals surface area contributed by atoms with E-state index < -0.39 is 12.2 Å². The van der Waals surface area contributed by atoms with Crippen LogP contribution in [0.25, 0.3) is 0 Å². The Kier molecular flexibility index (Phi) is 2.63. The molecule has 0 aliphatic carbocycles. The topological polar surface area (TPSA) is 15.3 Å². The second-order valence-corrected chi connectivity index (χ2v) is 3.29. The van der Waals surface area contributed by atoms with E-state index in [1.54, 1.807) is 11.9 Å². The molecule has 0 spiro atoms. The van der Waals surface area contributed by atoms with E-state index in [2.05, 4.69) is 5.32 Å². The average Bonchev–Trinajstić information content (AvgIpc) is 1.92. The second kappa shape index (κ2) is 3.22. The fourth-order valence-corrected chi connectivity index (χ4v) is 1.22. The van der Waals surface area contributed by atoms with Crippen LogP contribution < -0.4 is 5.32 Å². The van der Waals surface area contributed by atoms with Crippen LogP contribution in [0.5, 0.6) is 0 Å². The van der Waals surface area contributed by atoms with E-state index in [0.29, 0.717) is 6.54 Å². The van der Waals surface area contributed by atoms with Crippen LogP contribution in [0, 0.1) is 0 Å². The van der Waals surface area contributed by atoms with Gasteiger partial charge in [0.25, 0.3) is 0 Å². The van der Waals surface area contributed by atoms with E-state index in [0.717, 1.165) is 0 Å². The van der Waals surface area contributed by atoms with Gasteiger partial charge in [-0.2, -0.15) is 13.2 Å². The molecule has 1 N–H and O–H groups in total. The minimum absolute atomic E-state index is 0.0463. The predicted octanol–water partition coefficient (Wildman–Crippen LogP) is 0.841. The van der Waals surface area contributed by atoms with E-state index in [9.17, 15) is 13.2 Å². The van der Waals surface area contributed by atoms with Crippen LogP contribution in [0.15, 0.2) is 0 Å². The summed E-state index contributed by atoms with van der Waals surface area (Å²) in [7, 11) is 1.71. The Morgan fingerprint density at radius 1 is 1.42 bits per heavy atom. The minimum atomic E-state index is -4.12. The molecule has 5 heteroatoms. The molecule has 1 rings (SSSR count). The number of rotatable bonds is 0. The summed E-state index contributed by atoms with van der Waals surface area (Å²) in [5, 5.41) is 2.47. The molecule has 1 aliphatic heterocycles. The van der Waals surface area contributed by atoms with Gasteiger partial charge in [-0.1, -0.05) is 0 Å². The molecule has 0 amide bonds. The monoisotopic (exact) mass is 182 g/mol. The van der Waals surface area contributed by atoms with Crippen molar-refractivity contribution in [3.05, 3.63) is 0 Å². The lowest BCUT2D eigenvalue weighted by atomic mass is 10.1. The van der Waals surface area contributed by atoms with Gasteiger partial charge in [-0.25, -0.2) is 0 Å². The Hall–Kier alpha value is -0.290. The summed E-state index contributed by atoms with van der Waals surface area (Å²) in [5.74, 6) is 0. The van der Waals surface area contributed by atoms with Gasteiger partial charge in [0.1, 0.15) is 6.04 Å². The molecule has 2 unspecified atom stereocenters. The molecule has 0 saturated carbocycles. The Labute approximate surface area is 69.7 Å². The number of nitrogens with one attached hydrogen (secondary N) is 1. The summed E-state index contributed by atoms with van der Waals surface area (Å²) < 4.78 is 36.5. The normalized spacial score (nSPS) is 33.8. The number of halogens is 3. The smallest absolute Gasteiger partial charge is 0.304 e. The van der Waals surface area contributed by atoms with Crippen LogP contribution >= 0.6 is 0 Å². The Morgan fingerprint density at radius 3 is 2.42 bits per heavy atom. The van der Waals surface area contributed by atoms with Crippen molar-refractivity contribution in [1.29, 1.82) is 0 Å². The van der Waals surface area contributed by atoms with Gasteiger partial charge in [-0.3, -0.25) is 0 Å². The zero-order valence-corrected chi connectivity index (χ0v) is 7.15. The fraction of sp³-hybridized carbons (Fsp3) is 1.00. The third-order valence-electron chi connectivity index (χ3n) is 2.28. The van der Waals surface area contributed by atoms with E-state index >= 15 is 0 Å². The molecule has 2 nitrogen and oxygen atoms in total. The maximum Gasteiger partial charge on any atom is 0.405 e. The van der Waals surface area contributed by atoms with Crippen LogP contribution in [0.4, 0.5) is 13.2 Å². The highest BCUT2D eigenvalue weighted by Crippen LogP contribution is 2.22. The Balaban J connectivity index is 2.51. The first-order chi connectivity index (χ1) is 5.41. The highest BCUT2D eigenvalue weighted by atomic mass is 19.4. The number of nitrogens with zero attached hydrogens (tertiary/aromatic N) is 1. The van der Waals surface area contributed by atoms with Crippen LogP contribution in [-0.2, 0) is 0 Å². The second-order valence-electron chi connectivity index (χ2n) is 3.29. The average molecular weight is 182 g/mol. The van der Waals surface area contributed by atoms with Crippen LogP contribution in [0.3, 0.4) is 0 Å². The first-order valence-electron chi connectivity index (χ1n) is 3.91. The van der Waals surface area contributed by atoms with Gasteiger partial charge in [0, 0.05) is 19.1 Å². The van der Waals surface area contributed by atoms with E-state index in [1.807, 2.05) is 6.92 Å². The molecule has 0 aromatic heterocycles. The van der Waals surface area contributed by atoms with E-state index in [-0.39, 0.29) is 12.6 Å². The van der Waals surface area contributed by atoms with Crippen molar-refractivity contribution in [3.63, 3.8) is 0 Å². The largest absolute Gasteiger partial charge is 0.405 e. The molecule has 1 saturated heterocycles. The molecule has 0 aromatic rings. The lowest BCUT2D eigenvalue weighted by Crippen LogP contribution is -2.59. The van der Waals surface area contributed by atoms with Gasteiger partial charge in [0.05, 0.1) is 0 Å². The van der Waals surface area contributed by atoms with Crippen molar-refractivity contribution < 1.29 is 13.2 Å². The first kappa shape index (κ1) is 9.80. The molecule has 0 bridgehead atoms. The SMILES string of the molecule is CC1CNC(C(F)(F)F)CN1C. The van der Waals surface area contributed by atoms with Crippen molar-refractivity contribution in [1.82, 2.24) is 10.2 Å². The molecule has 1 fully saturated rings. The molecular formula is C7H13F3N2. The van der Waals surface area contributed by atoms with E-state index in [1.165, 1.54) is 0 Å². The fourth-order valence-electron chi connectivity index (χ4n) is 1.22. The van der Waals surface area contributed by atoms with Gasteiger partial charge in [0.15, 0.2) is 0 Å². The molecule has 72 valence electrons. The van der Waals surface area contributed by atoms with Crippen LogP contribution in [0.1, 0.15) is 6.92 Å². The zero-order valence-electron chi connectivity index (χ0n) is 7.15. The van der Waals surface area contributed by atoms with Gasteiger partial charge in [-0.05, 0) is 14.0 Å². The van der Waals surface area contributed by atoms with Crippen molar-refractivity contribution >= 4 is 0 Å². The maximum atomic E-state index is 12.2. The molecule has 2 atom stereocenters. The predicted molar refractivity (Wildman–Crippen MR) is 39.9 cm³/mol. The number of hydrogen-bond acceptors (Lipinski definition) is 2. The molecule has 0 radical (unpaired) electrons. The number of hydrogen-bond donors (Lipinski definition) is 1. The van der Waals surface area contributed by atoms with Gasteiger partial charge in [-0.15, -0.1) is 0 Å².